The number of methoxy groups -OCH3 is 1. The van der Waals surface area contributed by atoms with Gasteiger partial charge in [0.2, 0.25) is 0 Å². The van der Waals surface area contributed by atoms with Crippen LogP contribution in [0.3, 0.4) is 0 Å². The number of nitrogen functional groups attached to an aromatic ring is 1. The maximum atomic E-state index is 12.0. The van der Waals surface area contributed by atoms with Gasteiger partial charge in [0.25, 0.3) is 10.9 Å². The Labute approximate surface area is 153 Å². The van der Waals surface area contributed by atoms with E-state index in [4.69, 9.17) is 10.5 Å². The third-order valence-electron chi connectivity index (χ3n) is 4.38. The Hall–Kier alpha value is -3.81. The minimum absolute atomic E-state index is 0.240. The molecule has 27 heavy (non-hydrogen) atoms. The number of benzene rings is 2. The van der Waals surface area contributed by atoms with E-state index in [1.54, 1.807) is 25.3 Å². The SMILES string of the molecule is COc1cccc(CNc2c(Nc3ccc4[nH]nc(N)c4c3)c(=O)c2=O)c1. The lowest BCUT2D eigenvalue weighted by Gasteiger charge is -2.15. The maximum Gasteiger partial charge on any atom is 0.253 e. The highest BCUT2D eigenvalue weighted by molar-refractivity contribution is 5.92. The van der Waals surface area contributed by atoms with Crippen molar-refractivity contribution >= 4 is 33.8 Å². The van der Waals surface area contributed by atoms with Crippen molar-refractivity contribution in [3.63, 3.8) is 0 Å². The van der Waals surface area contributed by atoms with Crippen molar-refractivity contribution < 1.29 is 4.74 Å². The molecule has 8 heteroatoms. The first-order valence-electron chi connectivity index (χ1n) is 8.27. The number of hydrogen-bond acceptors (Lipinski definition) is 7. The Morgan fingerprint density at radius 3 is 2.74 bits per heavy atom. The van der Waals surface area contributed by atoms with E-state index in [2.05, 4.69) is 20.8 Å². The molecule has 8 nitrogen and oxygen atoms in total. The highest BCUT2D eigenvalue weighted by Gasteiger charge is 2.21. The van der Waals surface area contributed by atoms with Crippen molar-refractivity contribution in [3.8, 4) is 5.75 Å². The summed E-state index contributed by atoms with van der Waals surface area (Å²) >= 11 is 0. The summed E-state index contributed by atoms with van der Waals surface area (Å²) in [5.41, 5.74) is 7.59. The quantitative estimate of drug-likeness (QED) is 0.387. The molecule has 0 spiro atoms. The van der Waals surface area contributed by atoms with Crippen LogP contribution in [0.2, 0.25) is 0 Å². The average Bonchev–Trinajstić information content (AvgIpc) is 3.07. The van der Waals surface area contributed by atoms with Gasteiger partial charge in [-0.15, -0.1) is 0 Å². The molecule has 0 amide bonds. The standard InChI is InChI=1S/C19H17N5O3/c1-27-12-4-2-3-10(7-12)9-21-15-16(18(26)17(15)25)22-11-5-6-14-13(8-11)19(20)24-23-14/h2-8,21-22H,9H2,1H3,(H3,20,23,24). The monoisotopic (exact) mass is 363 g/mol. The van der Waals surface area contributed by atoms with Crippen molar-refractivity contribution in [2.45, 2.75) is 6.54 Å². The molecule has 0 aliphatic heterocycles. The van der Waals surface area contributed by atoms with Gasteiger partial charge >= 0.3 is 0 Å². The number of fused-ring (bicyclic) bond motifs is 1. The van der Waals surface area contributed by atoms with E-state index >= 15 is 0 Å². The number of anilines is 4. The van der Waals surface area contributed by atoms with Crippen LogP contribution in [-0.4, -0.2) is 17.3 Å². The van der Waals surface area contributed by atoms with Gasteiger partial charge in [0.05, 0.1) is 12.6 Å². The summed E-state index contributed by atoms with van der Waals surface area (Å²) < 4.78 is 5.19. The number of aromatic amines is 1. The Bertz CT molecular complexity index is 1200. The molecule has 0 radical (unpaired) electrons. The number of hydrogen-bond donors (Lipinski definition) is 4. The van der Waals surface area contributed by atoms with Crippen molar-refractivity contribution in [2.75, 3.05) is 23.5 Å². The molecule has 0 unspecified atom stereocenters. The molecule has 3 aromatic carbocycles. The Morgan fingerprint density at radius 2 is 1.93 bits per heavy atom. The van der Waals surface area contributed by atoms with E-state index in [9.17, 15) is 9.59 Å². The molecule has 0 bridgehead atoms. The van der Waals surface area contributed by atoms with Gasteiger partial charge in [-0.05, 0) is 35.9 Å². The predicted molar refractivity (Wildman–Crippen MR) is 105 cm³/mol. The fourth-order valence-corrected chi connectivity index (χ4v) is 2.91. The van der Waals surface area contributed by atoms with Gasteiger partial charge in [0, 0.05) is 17.6 Å². The lowest BCUT2D eigenvalue weighted by molar-refractivity contribution is 0.414. The number of ether oxygens (including phenoxy) is 1. The van der Waals surface area contributed by atoms with E-state index in [-0.39, 0.29) is 11.4 Å². The Balaban J connectivity index is 1.55. The topological polar surface area (TPSA) is 122 Å². The molecule has 1 heterocycles. The van der Waals surface area contributed by atoms with E-state index in [0.29, 0.717) is 18.1 Å². The number of aromatic nitrogens is 2. The lowest BCUT2D eigenvalue weighted by atomic mass is 10.1. The summed E-state index contributed by atoms with van der Waals surface area (Å²) in [6.45, 7) is 0.393. The smallest absolute Gasteiger partial charge is 0.253 e. The third kappa shape index (κ3) is 2.97. The largest absolute Gasteiger partial charge is 0.497 e. The predicted octanol–water partition coefficient (Wildman–Crippen LogP) is 2.11. The minimum atomic E-state index is -0.552. The van der Waals surface area contributed by atoms with E-state index in [0.717, 1.165) is 22.2 Å². The van der Waals surface area contributed by atoms with Crippen LogP contribution < -0.4 is 32.0 Å². The van der Waals surface area contributed by atoms with Crippen LogP contribution >= 0.6 is 0 Å². The Kier molecular flexibility index (Phi) is 4.00. The van der Waals surface area contributed by atoms with Crippen molar-refractivity contribution in [1.29, 1.82) is 0 Å². The first-order valence-corrected chi connectivity index (χ1v) is 8.27. The molecule has 0 aliphatic rings. The van der Waals surface area contributed by atoms with E-state index in [1.165, 1.54) is 0 Å². The summed E-state index contributed by atoms with van der Waals surface area (Å²) in [5, 5.41) is 13.5. The van der Waals surface area contributed by atoms with Gasteiger partial charge < -0.3 is 21.1 Å². The number of nitrogens with one attached hydrogen (secondary N) is 3. The number of nitrogens with two attached hydrogens (primary N) is 1. The van der Waals surface area contributed by atoms with Crippen LogP contribution in [0.4, 0.5) is 22.9 Å². The molecule has 0 saturated heterocycles. The molecule has 0 fully saturated rings. The normalized spacial score (nSPS) is 11.0. The molecular formula is C19H17N5O3. The molecule has 1 aromatic heterocycles. The Morgan fingerprint density at radius 1 is 1.11 bits per heavy atom. The van der Waals surface area contributed by atoms with E-state index < -0.39 is 10.9 Å². The van der Waals surface area contributed by atoms with Gasteiger partial charge in [-0.1, -0.05) is 12.1 Å². The highest BCUT2D eigenvalue weighted by Crippen LogP contribution is 2.26. The summed E-state index contributed by atoms with van der Waals surface area (Å²) in [6, 6.07) is 12.8. The summed E-state index contributed by atoms with van der Waals surface area (Å²) in [7, 11) is 1.59. The van der Waals surface area contributed by atoms with Crippen LogP contribution in [0.25, 0.3) is 10.9 Å². The molecule has 136 valence electrons. The van der Waals surface area contributed by atoms with Crippen LogP contribution in [0.1, 0.15) is 5.56 Å². The van der Waals surface area contributed by atoms with Crippen LogP contribution in [-0.2, 0) is 6.54 Å². The van der Waals surface area contributed by atoms with E-state index in [1.807, 2.05) is 24.3 Å². The molecule has 0 aliphatic carbocycles. The number of rotatable bonds is 6. The van der Waals surface area contributed by atoms with Gasteiger partial charge in [-0.3, -0.25) is 14.7 Å². The molecule has 0 saturated carbocycles. The average molecular weight is 363 g/mol. The third-order valence-corrected chi connectivity index (χ3v) is 4.38. The minimum Gasteiger partial charge on any atom is -0.497 e. The van der Waals surface area contributed by atoms with Crippen LogP contribution in [0, 0.1) is 0 Å². The number of nitrogens with zero attached hydrogens (tertiary/aromatic N) is 1. The first kappa shape index (κ1) is 16.6. The summed E-state index contributed by atoms with van der Waals surface area (Å²) in [4.78, 5) is 24.0. The highest BCUT2D eigenvalue weighted by atomic mass is 16.5. The van der Waals surface area contributed by atoms with Crippen molar-refractivity contribution in [1.82, 2.24) is 10.2 Å². The zero-order valence-electron chi connectivity index (χ0n) is 14.5. The molecule has 4 aromatic rings. The zero-order valence-corrected chi connectivity index (χ0v) is 14.5. The van der Waals surface area contributed by atoms with Crippen molar-refractivity contribution in [2.24, 2.45) is 0 Å². The molecule has 4 rings (SSSR count). The number of H-pyrrole nitrogens is 1. The second kappa shape index (κ2) is 6.49. The zero-order chi connectivity index (χ0) is 19.0. The summed E-state index contributed by atoms with van der Waals surface area (Å²) in [6.07, 6.45) is 0. The molecule has 5 N–H and O–H groups in total. The fraction of sp³-hybridized carbons (Fsp3) is 0.105. The van der Waals surface area contributed by atoms with Gasteiger partial charge in [0.15, 0.2) is 5.82 Å². The van der Waals surface area contributed by atoms with Gasteiger partial charge in [-0.2, -0.15) is 5.10 Å². The van der Waals surface area contributed by atoms with Gasteiger partial charge in [-0.25, -0.2) is 0 Å². The van der Waals surface area contributed by atoms with Crippen molar-refractivity contribution in [3.05, 3.63) is 68.5 Å². The molecular weight excluding hydrogens is 346 g/mol. The van der Waals surface area contributed by atoms with Gasteiger partial charge in [0.1, 0.15) is 17.1 Å². The fourth-order valence-electron chi connectivity index (χ4n) is 2.91. The van der Waals surface area contributed by atoms with Crippen LogP contribution in [0.5, 0.6) is 5.75 Å². The second-order valence-corrected chi connectivity index (χ2v) is 6.11. The second-order valence-electron chi connectivity index (χ2n) is 6.11. The maximum absolute atomic E-state index is 12.0. The molecule has 0 atom stereocenters. The van der Waals surface area contributed by atoms with Crippen LogP contribution in [0.15, 0.2) is 52.1 Å². The first-order chi connectivity index (χ1) is 13.1. The lowest BCUT2D eigenvalue weighted by Crippen LogP contribution is -2.36. The summed E-state index contributed by atoms with van der Waals surface area (Å²) in [5.74, 6) is 1.10.